The van der Waals surface area contributed by atoms with Crippen LogP contribution in [0.4, 0.5) is 5.69 Å². The minimum Gasteiger partial charge on any atom is -0.281 e. The Morgan fingerprint density at radius 2 is 2.20 bits per heavy atom. The van der Waals surface area contributed by atoms with Crippen LogP contribution in [0.15, 0.2) is 30.3 Å². The van der Waals surface area contributed by atoms with Crippen molar-refractivity contribution in [3.8, 4) is 0 Å². The number of hydrazine groups is 1. The molecule has 2 aliphatic rings. The Morgan fingerprint density at radius 1 is 1.40 bits per heavy atom. The van der Waals surface area contributed by atoms with Gasteiger partial charge in [-0.2, -0.15) is 0 Å². The van der Waals surface area contributed by atoms with Gasteiger partial charge in [-0.3, -0.25) is 4.90 Å². The Labute approximate surface area is 110 Å². The molecule has 4 nitrogen and oxygen atoms in total. The molecule has 0 saturated carbocycles. The molecule has 5 heteroatoms. The molecule has 70 valence electrons. The number of para-hydroxylation sites is 1. The Bertz CT molecular complexity index is 432. The summed E-state index contributed by atoms with van der Waals surface area (Å²) in [5.41, 5.74) is 5.04. The summed E-state index contributed by atoms with van der Waals surface area (Å²) in [5, 5.41) is 0. The second-order valence-corrected chi connectivity index (χ2v) is 3.44. The molecule has 0 aliphatic carbocycles. The third-order valence-corrected chi connectivity index (χ3v) is 2.65. The summed E-state index contributed by atoms with van der Waals surface area (Å²) in [6.07, 6.45) is 3.72. The van der Waals surface area contributed by atoms with Gasteiger partial charge in [0.2, 0.25) is 0 Å². The average Bonchev–Trinajstić information content (AvgIpc) is 2.61. The Kier molecular flexibility index (Phi) is 2.82. The van der Waals surface area contributed by atoms with Gasteiger partial charge in [-0.15, -0.1) is 5.43 Å². The maximum absolute atomic E-state index is 11.3. The van der Waals surface area contributed by atoms with Crippen LogP contribution in [-0.2, 0) is 0 Å². The van der Waals surface area contributed by atoms with Crippen LogP contribution in [0.25, 0.3) is 6.08 Å². The molecule has 2 aliphatic heterocycles. The summed E-state index contributed by atoms with van der Waals surface area (Å²) in [7, 11) is 0. The molecule has 0 amide bonds. The van der Waals surface area contributed by atoms with Crippen LogP contribution in [0.3, 0.4) is 0 Å². The van der Waals surface area contributed by atoms with Gasteiger partial charge in [0.25, 0.3) is 0 Å². The second-order valence-electron chi connectivity index (χ2n) is 3.44. The molecule has 1 N–H and O–H groups in total. The van der Waals surface area contributed by atoms with Gasteiger partial charge < -0.3 is 0 Å². The number of nitrogens with zero attached hydrogens (tertiary/aromatic N) is 2. The van der Waals surface area contributed by atoms with Crippen molar-refractivity contribution in [2.24, 2.45) is 0 Å². The van der Waals surface area contributed by atoms with Crippen LogP contribution < -0.4 is 39.9 Å². The van der Waals surface area contributed by atoms with E-state index in [4.69, 9.17) is 0 Å². The van der Waals surface area contributed by atoms with Crippen molar-refractivity contribution in [2.45, 2.75) is 6.17 Å². The van der Waals surface area contributed by atoms with E-state index in [1.807, 2.05) is 35.3 Å². The smallest absolute Gasteiger partial charge is 0.281 e. The van der Waals surface area contributed by atoms with Crippen LogP contribution in [0.5, 0.6) is 0 Å². The molecule has 1 unspecified atom stereocenters. The zero-order valence-corrected chi connectivity index (χ0v) is 10.6. The van der Waals surface area contributed by atoms with Crippen molar-refractivity contribution in [2.75, 3.05) is 11.6 Å². The normalized spacial score (nSPS) is 21.5. The van der Waals surface area contributed by atoms with E-state index in [1.54, 1.807) is 0 Å². The predicted molar refractivity (Wildman–Crippen MR) is 53.4 cm³/mol. The molecule has 2 heterocycles. The molecule has 0 spiro atoms. The summed E-state index contributed by atoms with van der Waals surface area (Å²) < 4.78 is 0. The maximum Gasteiger partial charge on any atom is 1.00 e. The Balaban J connectivity index is 0.000000853. The zero-order valence-electron chi connectivity index (χ0n) is 8.55. The summed E-state index contributed by atoms with van der Waals surface area (Å²) in [6.45, 7) is 0.579. The number of nitrogens with one attached hydrogen (secondary N) is 1. The molecule has 0 bridgehead atoms. The van der Waals surface area contributed by atoms with Gasteiger partial charge in [0.05, 0.1) is 10.6 Å². The molecule has 0 aromatic heterocycles. The first-order chi connectivity index (χ1) is 6.86. The molecule has 1 fully saturated rings. The monoisotopic (exact) mass is 211 g/mol. The average molecular weight is 211 g/mol. The number of fused-ring (bicyclic) bond motifs is 3. The summed E-state index contributed by atoms with van der Waals surface area (Å²) in [6, 6.07) is 8.08. The van der Waals surface area contributed by atoms with Gasteiger partial charge in [-0.25, -0.2) is 0 Å². The third kappa shape index (κ3) is 1.58. The van der Waals surface area contributed by atoms with E-state index in [9.17, 15) is 4.91 Å². The zero-order chi connectivity index (χ0) is 9.54. The van der Waals surface area contributed by atoms with E-state index in [-0.39, 0.29) is 35.7 Å². The molecule has 3 rings (SSSR count). The number of nitroso groups, excluding NO2 is 1. The van der Waals surface area contributed by atoms with Crippen molar-refractivity contribution in [1.29, 1.82) is 0 Å². The topological polar surface area (TPSA) is 35.4 Å². The molecule has 1 saturated heterocycles. The van der Waals surface area contributed by atoms with Gasteiger partial charge in [-0.1, -0.05) is 18.2 Å². The standard InChI is InChI=1S/C10H10N3O.Na/c14-13-10-6-5-8-3-1-2-4-9(8)12(10)7-11-13;/h1-6,10H,7H2,(H,11,14);/q2*+1. The second kappa shape index (κ2) is 3.96. The van der Waals surface area contributed by atoms with Crippen LogP contribution in [-0.4, -0.2) is 17.7 Å². The van der Waals surface area contributed by atoms with Gasteiger partial charge in [0, 0.05) is 6.08 Å². The quantitative estimate of drug-likeness (QED) is 0.402. The molecule has 1 atom stereocenters. The Hall–Kier alpha value is -0.840. The molecule has 0 radical (unpaired) electrons. The fourth-order valence-electron chi connectivity index (χ4n) is 1.95. The van der Waals surface area contributed by atoms with Crippen LogP contribution >= 0.6 is 0 Å². The predicted octanol–water partition coefficient (Wildman–Crippen LogP) is -1.90. The van der Waals surface area contributed by atoms with Crippen LogP contribution in [0.1, 0.15) is 5.56 Å². The fraction of sp³-hybridized carbons (Fsp3) is 0.200. The fourth-order valence-corrected chi connectivity index (χ4v) is 1.95. The molecule has 1 aromatic rings. The summed E-state index contributed by atoms with van der Waals surface area (Å²) >= 11 is 0. The first kappa shape index (κ1) is 10.7. The van der Waals surface area contributed by atoms with E-state index in [0.717, 1.165) is 10.6 Å². The van der Waals surface area contributed by atoms with Crippen LogP contribution in [0.2, 0.25) is 0 Å². The first-order valence-electron chi connectivity index (χ1n) is 4.60. The maximum atomic E-state index is 11.3. The summed E-state index contributed by atoms with van der Waals surface area (Å²) in [5.74, 6) is 0. The number of rotatable bonds is 0. The van der Waals surface area contributed by atoms with Crippen LogP contribution in [0, 0.1) is 4.91 Å². The van der Waals surface area contributed by atoms with Gasteiger partial charge >= 0.3 is 35.7 Å². The van der Waals surface area contributed by atoms with Crippen molar-refractivity contribution in [1.82, 2.24) is 5.43 Å². The minimum absolute atomic E-state index is 0. The third-order valence-electron chi connectivity index (χ3n) is 2.65. The van der Waals surface area contributed by atoms with E-state index in [0.29, 0.717) is 6.67 Å². The van der Waals surface area contributed by atoms with Gasteiger partial charge in [0.1, 0.15) is 4.87 Å². The number of hydrogen-bond acceptors (Lipinski definition) is 2. The van der Waals surface area contributed by atoms with Gasteiger partial charge in [0.15, 0.2) is 6.67 Å². The minimum atomic E-state index is -0.190. The molecule has 1 aromatic carbocycles. The largest absolute Gasteiger partial charge is 1.00 e. The molecule has 15 heavy (non-hydrogen) atoms. The van der Waals surface area contributed by atoms with Crippen molar-refractivity contribution in [3.63, 3.8) is 0 Å². The molecular weight excluding hydrogens is 201 g/mol. The number of benzene rings is 1. The number of anilines is 1. The SMILES string of the molecule is O=[N+]1NCN2c3ccccc3C=CC21.[Na+]. The van der Waals surface area contributed by atoms with E-state index in [1.165, 1.54) is 5.56 Å². The number of hydrogen-bond donors (Lipinski definition) is 1. The van der Waals surface area contributed by atoms with E-state index >= 15 is 0 Å². The molecular formula is C10H10N3NaO+2. The Morgan fingerprint density at radius 3 is 3.07 bits per heavy atom. The first-order valence-corrected chi connectivity index (χ1v) is 4.60. The van der Waals surface area contributed by atoms with Crippen molar-refractivity contribution < 1.29 is 34.4 Å². The van der Waals surface area contributed by atoms with Crippen molar-refractivity contribution in [3.05, 3.63) is 40.8 Å². The van der Waals surface area contributed by atoms with Crippen molar-refractivity contribution >= 4 is 11.8 Å². The summed E-state index contributed by atoms with van der Waals surface area (Å²) in [4.78, 5) is 14.3. The van der Waals surface area contributed by atoms with E-state index in [2.05, 4.69) is 11.5 Å². The van der Waals surface area contributed by atoms with E-state index < -0.39 is 0 Å². The van der Waals surface area contributed by atoms with Gasteiger partial charge in [-0.05, 0) is 17.7 Å².